The Kier molecular flexibility index (Phi) is 5.09. The second kappa shape index (κ2) is 6.81. The van der Waals surface area contributed by atoms with Crippen molar-refractivity contribution in [3.05, 3.63) is 35.1 Å². The van der Waals surface area contributed by atoms with Crippen LogP contribution in [0.5, 0.6) is 0 Å². The van der Waals surface area contributed by atoms with Crippen molar-refractivity contribution in [3.8, 4) is 0 Å². The molecule has 1 saturated heterocycles. The first-order valence-corrected chi connectivity index (χ1v) is 6.91. The highest BCUT2D eigenvalue weighted by Gasteiger charge is 2.25. The molecule has 2 N–H and O–H groups in total. The summed E-state index contributed by atoms with van der Waals surface area (Å²) in [6, 6.07) is 4.95. The van der Waals surface area contributed by atoms with E-state index >= 15 is 0 Å². The van der Waals surface area contributed by atoms with Crippen LogP contribution in [-0.4, -0.2) is 31.1 Å². The average Bonchev–Trinajstić information content (AvgIpc) is 2.46. The van der Waals surface area contributed by atoms with Gasteiger partial charge in [-0.15, -0.1) is 0 Å². The average molecular weight is 280 g/mol. The molecule has 0 saturated carbocycles. The Morgan fingerprint density at radius 1 is 1.35 bits per heavy atom. The van der Waals surface area contributed by atoms with Crippen LogP contribution < -0.4 is 5.73 Å². The summed E-state index contributed by atoms with van der Waals surface area (Å²) >= 11 is 0. The summed E-state index contributed by atoms with van der Waals surface area (Å²) in [5.74, 6) is -0.364. The molecule has 5 heteroatoms. The molecule has 0 spiro atoms. The number of esters is 1. The van der Waals surface area contributed by atoms with Gasteiger partial charge in [0.05, 0.1) is 13.0 Å². The van der Waals surface area contributed by atoms with E-state index in [4.69, 9.17) is 10.5 Å². The topological polar surface area (TPSA) is 55.6 Å². The maximum absolute atomic E-state index is 13.4. The first-order valence-electron chi connectivity index (χ1n) is 6.91. The predicted molar refractivity (Wildman–Crippen MR) is 74.3 cm³/mol. The number of nitrogens with two attached hydrogens (primary N) is 1. The number of piperidine rings is 1. The summed E-state index contributed by atoms with van der Waals surface area (Å²) in [5.41, 5.74) is 7.30. The van der Waals surface area contributed by atoms with Gasteiger partial charge in [-0.05, 0) is 49.2 Å². The molecule has 0 aliphatic carbocycles. The summed E-state index contributed by atoms with van der Waals surface area (Å²) in [5, 5.41) is 0. The van der Waals surface area contributed by atoms with Gasteiger partial charge in [0.2, 0.25) is 0 Å². The summed E-state index contributed by atoms with van der Waals surface area (Å²) < 4.78 is 18.2. The number of carbonyl (C=O) groups is 1. The van der Waals surface area contributed by atoms with Crippen molar-refractivity contribution < 1.29 is 13.9 Å². The molecule has 1 aliphatic rings. The van der Waals surface area contributed by atoms with E-state index in [-0.39, 0.29) is 17.7 Å². The molecule has 1 aromatic rings. The Balaban J connectivity index is 1.92. The number of hydrogen-bond donors (Lipinski definition) is 1. The number of nitrogens with zero attached hydrogens (tertiary/aromatic N) is 1. The minimum absolute atomic E-state index is 0.00311. The summed E-state index contributed by atoms with van der Waals surface area (Å²) in [6.07, 6.45) is 1.59. The Hall–Kier alpha value is -1.46. The molecule has 20 heavy (non-hydrogen) atoms. The van der Waals surface area contributed by atoms with Crippen LogP contribution >= 0.6 is 0 Å². The number of hydrogen-bond acceptors (Lipinski definition) is 4. The van der Waals surface area contributed by atoms with Crippen molar-refractivity contribution in [3.63, 3.8) is 0 Å². The van der Waals surface area contributed by atoms with E-state index in [1.807, 2.05) is 6.07 Å². The van der Waals surface area contributed by atoms with E-state index in [2.05, 4.69) is 4.90 Å². The third-order valence-electron chi connectivity index (χ3n) is 3.78. The molecule has 0 radical (unpaired) electrons. The Morgan fingerprint density at radius 2 is 2.00 bits per heavy atom. The van der Waals surface area contributed by atoms with Gasteiger partial charge in [-0.1, -0.05) is 6.07 Å². The Labute approximate surface area is 118 Å². The third-order valence-corrected chi connectivity index (χ3v) is 3.78. The van der Waals surface area contributed by atoms with Crippen LogP contribution in [0.3, 0.4) is 0 Å². The van der Waals surface area contributed by atoms with Gasteiger partial charge in [0.1, 0.15) is 5.82 Å². The fourth-order valence-electron chi connectivity index (χ4n) is 2.68. The van der Waals surface area contributed by atoms with E-state index in [1.54, 1.807) is 6.07 Å². The smallest absolute Gasteiger partial charge is 0.308 e. The number of carbonyl (C=O) groups excluding carboxylic acids is 1. The molecule has 0 bridgehead atoms. The van der Waals surface area contributed by atoms with Gasteiger partial charge < -0.3 is 10.5 Å². The third kappa shape index (κ3) is 3.77. The van der Waals surface area contributed by atoms with Crippen LogP contribution in [-0.2, 0) is 22.6 Å². The van der Waals surface area contributed by atoms with Crippen LogP contribution in [0.4, 0.5) is 4.39 Å². The molecular weight excluding hydrogens is 259 g/mol. The van der Waals surface area contributed by atoms with Crippen LogP contribution in [0, 0.1) is 11.7 Å². The Bertz CT molecular complexity index is 471. The zero-order valence-corrected chi connectivity index (χ0v) is 11.8. The number of halogens is 1. The maximum atomic E-state index is 13.4. The summed E-state index contributed by atoms with van der Waals surface area (Å²) in [4.78, 5) is 13.7. The first-order chi connectivity index (χ1) is 9.62. The molecule has 110 valence electrons. The number of rotatable bonds is 4. The zero-order chi connectivity index (χ0) is 14.5. The van der Waals surface area contributed by atoms with Crippen LogP contribution in [0.25, 0.3) is 0 Å². The molecule has 2 rings (SSSR count). The highest BCUT2D eigenvalue weighted by Crippen LogP contribution is 2.20. The van der Waals surface area contributed by atoms with Crippen molar-refractivity contribution in [1.29, 1.82) is 0 Å². The van der Waals surface area contributed by atoms with Gasteiger partial charge in [0.25, 0.3) is 0 Å². The number of methoxy groups -OCH3 is 1. The van der Waals surface area contributed by atoms with Crippen molar-refractivity contribution >= 4 is 5.97 Å². The van der Waals surface area contributed by atoms with Crippen LogP contribution in [0.1, 0.15) is 24.0 Å². The highest BCUT2D eigenvalue weighted by molar-refractivity contribution is 5.72. The SMILES string of the molecule is COC(=O)C1CCN(Cc2cc(F)cc(CN)c2)CC1. The zero-order valence-electron chi connectivity index (χ0n) is 11.8. The highest BCUT2D eigenvalue weighted by atomic mass is 19.1. The lowest BCUT2D eigenvalue weighted by Gasteiger charge is -2.30. The predicted octanol–water partition coefficient (Wildman–Crippen LogP) is 1.67. The minimum Gasteiger partial charge on any atom is -0.469 e. The number of ether oxygens (including phenoxy) is 1. The molecule has 1 aromatic carbocycles. The van der Waals surface area contributed by atoms with Gasteiger partial charge in [0.15, 0.2) is 0 Å². The lowest BCUT2D eigenvalue weighted by molar-refractivity contribution is -0.147. The second-order valence-electron chi connectivity index (χ2n) is 5.25. The van der Waals surface area contributed by atoms with E-state index in [9.17, 15) is 9.18 Å². The van der Waals surface area contributed by atoms with E-state index in [0.29, 0.717) is 13.1 Å². The van der Waals surface area contributed by atoms with Gasteiger partial charge in [0, 0.05) is 13.1 Å². The standard InChI is InChI=1S/C15H21FN2O2/c1-20-15(19)13-2-4-18(5-3-13)10-12-6-11(9-17)7-14(16)8-12/h6-8,13H,2-5,9-10,17H2,1H3. The van der Waals surface area contributed by atoms with Crippen molar-refractivity contribution in [2.45, 2.75) is 25.9 Å². The second-order valence-corrected chi connectivity index (χ2v) is 5.25. The molecule has 1 aliphatic heterocycles. The normalized spacial score (nSPS) is 17.1. The van der Waals surface area contributed by atoms with Crippen molar-refractivity contribution in [2.75, 3.05) is 20.2 Å². The van der Waals surface area contributed by atoms with E-state index in [1.165, 1.54) is 13.2 Å². The molecule has 0 unspecified atom stereocenters. The number of benzene rings is 1. The maximum Gasteiger partial charge on any atom is 0.308 e. The molecule has 1 heterocycles. The van der Waals surface area contributed by atoms with E-state index in [0.717, 1.165) is 37.1 Å². The van der Waals surface area contributed by atoms with Gasteiger partial charge in [-0.25, -0.2) is 4.39 Å². The molecule has 1 fully saturated rings. The van der Waals surface area contributed by atoms with Crippen molar-refractivity contribution in [2.24, 2.45) is 11.7 Å². The van der Waals surface area contributed by atoms with Crippen LogP contribution in [0.2, 0.25) is 0 Å². The fraction of sp³-hybridized carbons (Fsp3) is 0.533. The van der Waals surface area contributed by atoms with Gasteiger partial charge in [-0.2, -0.15) is 0 Å². The first kappa shape index (κ1) is 14.9. The Morgan fingerprint density at radius 3 is 2.60 bits per heavy atom. The largest absolute Gasteiger partial charge is 0.469 e. The quantitative estimate of drug-likeness (QED) is 0.852. The monoisotopic (exact) mass is 280 g/mol. The summed E-state index contributed by atoms with van der Waals surface area (Å²) in [7, 11) is 1.43. The fourth-order valence-corrected chi connectivity index (χ4v) is 2.68. The lowest BCUT2D eigenvalue weighted by Crippen LogP contribution is -2.36. The van der Waals surface area contributed by atoms with Crippen molar-refractivity contribution in [1.82, 2.24) is 4.90 Å². The molecule has 0 aromatic heterocycles. The van der Waals surface area contributed by atoms with E-state index < -0.39 is 0 Å². The summed E-state index contributed by atoms with van der Waals surface area (Å²) in [6.45, 7) is 2.69. The lowest BCUT2D eigenvalue weighted by atomic mass is 9.96. The molecule has 0 amide bonds. The number of likely N-dealkylation sites (tertiary alicyclic amines) is 1. The van der Waals surface area contributed by atoms with Gasteiger partial charge in [-0.3, -0.25) is 9.69 Å². The van der Waals surface area contributed by atoms with Crippen LogP contribution in [0.15, 0.2) is 18.2 Å². The molecular formula is C15H21FN2O2. The van der Waals surface area contributed by atoms with Gasteiger partial charge >= 0.3 is 5.97 Å². The molecule has 4 nitrogen and oxygen atoms in total. The molecule has 0 atom stereocenters. The minimum atomic E-state index is -0.243.